The van der Waals surface area contributed by atoms with E-state index >= 15 is 0 Å². The number of hydrogen-bond acceptors (Lipinski definition) is 1. The van der Waals surface area contributed by atoms with Gasteiger partial charge in [0.1, 0.15) is 0 Å². The minimum absolute atomic E-state index is 0.398. The molecule has 3 nitrogen and oxygen atoms in total. The number of fused-ring (bicyclic) bond motifs is 1. The van der Waals surface area contributed by atoms with Crippen molar-refractivity contribution >= 4 is 16.9 Å². The third kappa shape index (κ3) is 1.09. The molecule has 0 aliphatic carbocycles. The summed E-state index contributed by atoms with van der Waals surface area (Å²) in [6.45, 7) is 1.82. The largest absolute Gasteiger partial charge is 0.478 e. The number of carboxylic acid groups (broad SMARTS) is 1. The van der Waals surface area contributed by atoms with Crippen LogP contribution in [-0.4, -0.2) is 15.6 Å². The number of rotatable bonds is 1. The highest BCUT2D eigenvalue weighted by atomic mass is 16.4. The summed E-state index contributed by atoms with van der Waals surface area (Å²) in [7, 11) is 1.86. The van der Waals surface area contributed by atoms with Gasteiger partial charge in [-0.05, 0) is 18.6 Å². The number of nitrogens with zero attached hydrogens (tertiary/aromatic N) is 1. The molecule has 0 bridgehead atoms. The van der Waals surface area contributed by atoms with Crippen molar-refractivity contribution in [3.8, 4) is 0 Å². The Balaban J connectivity index is 2.94. The Hall–Kier alpha value is -1.77. The Morgan fingerprint density at radius 3 is 2.71 bits per heavy atom. The van der Waals surface area contributed by atoms with Gasteiger partial charge in [0.15, 0.2) is 0 Å². The zero-order valence-corrected chi connectivity index (χ0v) is 8.11. The van der Waals surface area contributed by atoms with E-state index in [0.717, 1.165) is 16.5 Å². The summed E-state index contributed by atoms with van der Waals surface area (Å²) in [6, 6.07) is 5.70. The summed E-state index contributed by atoms with van der Waals surface area (Å²) in [5.74, 6) is -0.866. The Labute approximate surface area is 81.6 Å². The van der Waals surface area contributed by atoms with Crippen LogP contribution in [-0.2, 0) is 7.05 Å². The fourth-order valence-electron chi connectivity index (χ4n) is 1.76. The van der Waals surface area contributed by atoms with Gasteiger partial charge in [-0.1, -0.05) is 12.1 Å². The monoisotopic (exact) mass is 189 g/mol. The van der Waals surface area contributed by atoms with Gasteiger partial charge >= 0.3 is 5.97 Å². The molecule has 2 rings (SSSR count). The lowest BCUT2D eigenvalue weighted by Crippen LogP contribution is -2.03. The Bertz CT molecular complexity index is 511. The maximum atomic E-state index is 11.1. The van der Waals surface area contributed by atoms with Gasteiger partial charge in [0.25, 0.3) is 0 Å². The molecule has 0 fully saturated rings. The first-order valence-corrected chi connectivity index (χ1v) is 4.39. The van der Waals surface area contributed by atoms with Gasteiger partial charge in [-0.3, -0.25) is 0 Å². The molecule has 1 N–H and O–H groups in total. The summed E-state index contributed by atoms with van der Waals surface area (Å²) in [4.78, 5) is 11.1. The van der Waals surface area contributed by atoms with Crippen LogP contribution in [0.25, 0.3) is 10.9 Å². The first-order chi connectivity index (χ1) is 6.61. The standard InChI is InChI=1S/C11H11NO2/c1-7-3-4-8-5-6-12(2)10(8)9(7)11(13)14/h3-6H,1-2H3,(H,13,14). The predicted molar refractivity (Wildman–Crippen MR) is 54.6 cm³/mol. The van der Waals surface area contributed by atoms with Crippen LogP contribution in [0.1, 0.15) is 15.9 Å². The van der Waals surface area contributed by atoms with Crippen LogP contribution < -0.4 is 0 Å². The number of hydrogen-bond donors (Lipinski definition) is 1. The number of aromatic nitrogens is 1. The highest BCUT2D eigenvalue weighted by Gasteiger charge is 2.13. The summed E-state index contributed by atoms with van der Waals surface area (Å²) in [6.07, 6.45) is 1.87. The van der Waals surface area contributed by atoms with Gasteiger partial charge in [-0.15, -0.1) is 0 Å². The molecular formula is C11H11NO2. The minimum atomic E-state index is -0.866. The van der Waals surface area contributed by atoms with E-state index in [2.05, 4.69) is 0 Å². The highest BCUT2D eigenvalue weighted by molar-refractivity contribution is 6.03. The summed E-state index contributed by atoms with van der Waals surface area (Å²) < 4.78 is 1.84. The predicted octanol–water partition coefficient (Wildman–Crippen LogP) is 2.18. The van der Waals surface area contributed by atoms with Crippen molar-refractivity contribution in [1.82, 2.24) is 4.57 Å². The number of carbonyl (C=O) groups is 1. The van der Waals surface area contributed by atoms with Crippen LogP contribution in [0.5, 0.6) is 0 Å². The molecule has 0 aliphatic heterocycles. The average molecular weight is 189 g/mol. The third-order valence-corrected chi connectivity index (χ3v) is 2.46. The second kappa shape index (κ2) is 2.87. The molecular weight excluding hydrogens is 178 g/mol. The summed E-state index contributed by atoms with van der Waals surface area (Å²) >= 11 is 0. The number of benzene rings is 1. The molecule has 0 unspecified atom stereocenters. The zero-order chi connectivity index (χ0) is 10.3. The van der Waals surface area contributed by atoms with Gasteiger partial charge in [0.2, 0.25) is 0 Å². The smallest absolute Gasteiger partial charge is 0.338 e. The fourth-order valence-corrected chi connectivity index (χ4v) is 1.76. The van der Waals surface area contributed by atoms with Crippen molar-refractivity contribution in [2.75, 3.05) is 0 Å². The second-order valence-electron chi connectivity index (χ2n) is 3.43. The van der Waals surface area contributed by atoms with Crippen molar-refractivity contribution in [2.45, 2.75) is 6.92 Å². The van der Waals surface area contributed by atoms with Crippen LogP contribution in [0.3, 0.4) is 0 Å². The second-order valence-corrected chi connectivity index (χ2v) is 3.43. The van der Waals surface area contributed by atoms with Crippen LogP contribution >= 0.6 is 0 Å². The van der Waals surface area contributed by atoms with Gasteiger partial charge in [-0.25, -0.2) is 4.79 Å². The van der Waals surface area contributed by atoms with Gasteiger partial charge in [-0.2, -0.15) is 0 Å². The SMILES string of the molecule is Cc1ccc2ccn(C)c2c1C(=O)O. The van der Waals surface area contributed by atoms with E-state index in [9.17, 15) is 4.79 Å². The van der Waals surface area contributed by atoms with Gasteiger partial charge in [0, 0.05) is 18.6 Å². The maximum Gasteiger partial charge on any atom is 0.338 e. The van der Waals surface area contributed by atoms with Crippen molar-refractivity contribution in [3.63, 3.8) is 0 Å². The van der Waals surface area contributed by atoms with E-state index in [1.54, 1.807) is 0 Å². The zero-order valence-electron chi connectivity index (χ0n) is 8.11. The molecule has 0 radical (unpaired) electrons. The Kier molecular flexibility index (Phi) is 1.81. The van der Waals surface area contributed by atoms with E-state index in [1.165, 1.54) is 0 Å². The Morgan fingerprint density at radius 2 is 2.07 bits per heavy atom. The molecule has 0 aliphatic rings. The number of aryl methyl sites for hydroxylation is 2. The molecule has 1 aromatic heterocycles. The lowest BCUT2D eigenvalue weighted by Gasteiger charge is -2.04. The molecule has 0 spiro atoms. The molecule has 0 saturated carbocycles. The van der Waals surface area contributed by atoms with Crippen molar-refractivity contribution in [3.05, 3.63) is 35.5 Å². The third-order valence-electron chi connectivity index (χ3n) is 2.46. The lowest BCUT2D eigenvalue weighted by atomic mass is 10.1. The number of aromatic carboxylic acids is 1. The van der Waals surface area contributed by atoms with Crippen LogP contribution in [0.2, 0.25) is 0 Å². The first-order valence-electron chi connectivity index (χ1n) is 4.39. The normalized spacial score (nSPS) is 10.7. The van der Waals surface area contributed by atoms with E-state index in [1.807, 2.05) is 42.9 Å². The molecule has 1 aromatic carbocycles. The van der Waals surface area contributed by atoms with Crippen molar-refractivity contribution in [1.29, 1.82) is 0 Å². The van der Waals surface area contributed by atoms with E-state index < -0.39 is 5.97 Å². The fraction of sp³-hybridized carbons (Fsp3) is 0.182. The molecule has 1 heterocycles. The van der Waals surface area contributed by atoms with Crippen molar-refractivity contribution in [2.24, 2.45) is 7.05 Å². The highest BCUT2D eigenvalue weighted by Crippen LogP contribution is 2.22. The molecule has 14 heavy (non-hydrogen) atoms. The van der Waals surface area contributed by atoms with Crippen LogP contribution in [0.4, 0.5) is 0 Å². The molecule has 0 amide bonds. The summed E-state index contributed by atoms with van der Waals surface area (Å²) in [5, 5.41) is 10.1. The topological polar surface area (TPSA) is 42.2 Å². The van der Waals surface area contributed by atoms with Gasteiger partial charge in [0.05, 0.1) is 11.1 Å². The van der Waals surface area contributed by atoms with Crippen LogP contribution in [0.15, 0.2) is 24.4 Å². The van der Waals surface area contributed by atoms with E-state index in [4.69, 9.17) is 5.11 Å². The lowest BCUT2D eigenvalue weighted by molar-refractivity contribution is 0.0698. The van der Waals surface area contributed by atoms with E-state index in [-0.39, 0.29) is 0 Å². The molecule has 72 valence electrons. The Morgan fingerprint density at radius 1 is 1.36 bits per heavy atom. The number of carboxylic acids is 1. The van der Waals surface area contributed by atoms with Crippen LogP contribution in [0, 0.1) is 6.92 Å². The van der Waals surface area contributed by atoms with Gasteiger partial charge < -0.3 is 9.67 Å². The molecule has 3 heteroatoms. The maximum absolute atomic E-state index is 11.1. The van der Waals surface area contributed by atoms with E-state index in [0.29, 0.717) is 5.56 Å². The molecule has 0 atom stereocenters. The average Bonchev–Trinajstić information content (AvgIpc) is 2.47. The quantitative estimate of drug-likeness (QED) is 0.747. The molecule has 2 aromatic rings. The first kappa shape index (κ1) is 8.81. The minimum Gasteiger partial charge on any atom is -0.478 e. The summed E-state index contributed by atoms with van der Waals surface area (Å²) in [5.41, 5.74) is 1.99. The van der Waals surface area contributed by atoms with Crippen molar-refractivity contribution < 1.29 is 9.90 Å². The molecule has 0 saturated heterocycles.